The molecule has 6 nitrogen and oxygen atoms in total. The fourth-order valence-electron chi connectivity index (χ4n) is 2.82. The summed E-state index contributed by atoms with van der Waals surface area (Å²) in [6, 6.07) is 13.5. The van der Waals surface area contributed by atoms with Crippen LogP contribution in [0.3, 0.4) is 0 Å². The van der Waals surface area contributed by atoms with Gasteiger partial charge < -0.3 is 10.1 Å². The summed E-state index contributed by atoms with van der Waals surface area (Å²) in [6.07, 6.45) is 5.45. The van der Waals surface area contributed by atoms with Gasteiger partial charge in [-0.05, 0) is 29.8 Å². The normalized spacial score (nSPS) is 15.1. The van der Waals surface area contributed by atoms with Gasteiger partial charge in [-0.3, -0.25) is 4.79 Å². The van der Waals surface area contributed by atoms with E-state index < -0.39 is 10.0 Å². The van der Waals surface area contributed by atoms with Gasteiger partial charge in [0, 0.05) is 18.7 Å². The molecular weight excluding hydrogens is 364 g/mol. The summed E-state index contributed by atoms with van der Waals surface area (Å²) in [5.41, 5.74) is 1.80. The number of para-hydroxylation sites is 1. The number of carbonyl (C=O) groups is 1. The molecule has 1 aliphatic heterocycles. The molecule has 0 spiro atoms. The predicted octanol–water partition coefficient (Wildman–Crippen LogP) is 1.87. The van der Waals surface area contributed by atoms with Crippen LogP contribution in [0.4, 0.5) is 5.69 Å². The molecule has 0 saturated carbocycles. The number of sulfonamides is 1. The highest BCUT2D eigenvalue weighted by Crippen LogP contribution is 2.25. The third-order valence-corrected chi connectivity index (χ3v) is 6.19. The Morgan fingerprint density at radius 2 is 1.78 bits per heavy atom. The number of benzene rings is 2. The quantitative estimate of drug-likeness (QED) is 0.799. The van der Waals surface area contributed by atoms with Gasteiger partial charge in [-0.2, -0.15) is 4.31 Å². The van der Waals surface area contributed by atoms with Crippen molar-refractivity contribution in [3.05, 3.63) is 59.7 Å². The maximum Gasteiger partial charge on any atom is 0.245 e. The standard InChI is InChI=1S/C20H20N2O4S/c1-2-16-7-9-17(10-8-16)15-20(23)21-18-5-3-4-6-19(18)27(24,25)22-11-13-26-14-12-22/h1,3-10H,11-15H2,(H,21,23). The Labute approximate surface area is 159 Å². The van der Waals surface area contributed by atoms with Crippen molar-refractivity contribution in [2.24, 2.45) is 0 Å². The first-order chi connectivity index (χ1) is 13.0. The van der Waals surface area contributed by atoms with Crippen LogP contribution in [0.5, 0.6) is 0 Å². The first-order valence-corrected chi connectivity index (χ1v) is 9.97. The molecule has 1 N–H and O–H groups in total. The molecule has 0 atom stereocenters. The number of nitrogens with one attached hydrogen (secondary N) is 1. The average molecular weight is 384 g/mol. The Bertz CT molecular complexity index is 956. The molecule has 1 heterocycles. The molecule has 140 valence electrons. The van der Waals surface area contributed by atoms with Crippen LogP contribution in [0.15, 0.2) is 53.4 Å². The van der Waals surface area contributed by atoms with Gasteiger partial charge >= 0.3 is 0 Å². The highest BCUT2D eigenvalue weighted by molar-refractivity contribution is 7.89. The number of hydrogen-bond donors (Lipinski definition) is 1. The lowest BCUT2D eigenvalue weighted by Crippen LogP contribution is -2.40. The van der Waals surface area contributed by atoms with Crippen LogP contribution in [0, 0.1) is 12.3 Å². The second-order valence-electron chi connectivity index (χ2n) is 6.08. The lowest BCUT2D eigenvalue weighted by atomic mass is 10.1. The molecule has 27 heavy (non-hydrogen) atoms. The molecule has 3 rings (SSSR count). The summed E-state index contributed by atoms with van der Waals surface area (Å²) >= 11 is 0. The van der Waals surface area contributed by atoms with Crippen molar-refractivity contribution in [1.82, 2.24) is 4.31 Å². The first-order valence-electron chi connectivity index (χ1n) is 8.53. The number of rotatable bonds is 5. The number of anilines is 1. The average Bonchev–Trinajstić information content (AvgIpc) is 2.69. The fourth-order valence-corrected chi connectivity index (χ4v) is 4.37. The minimum atomic E-state index is -3.70. The number of morpholine rings is 1. The van der Waals surface area contributed by atoms with Crippen molar-refractivity contribution in [3.8, 4) is 12.3 Å². The summed E-state index contributed by atoms with van der Waals surface area (Å²) < 4.78 is 32.4. The van der Waals surface area contributed by atoms with Gasteiger partial charge in [-0.1, -0.05) is 30.2 Å². The van der Waals surface area contributed by atoms with Gasteiger partial charge in [-0.25, -0.2) is 8.42 Å². The lowest BCUT2D eigenvalue weighted by molar-refractivity contribution is -0.115. The first kappa shape index (κ1) is 19.1. The largest absolute Gasteiger partial charge is 0.379 e. The third kappa shape index (κ3) is 4.55. The number of nitrogens with zero attached hydrogens (tertiary/aromatic N) is 1. The molecule has 1 aliphatic rings. The second kappa shape index (κ2) is 8.35. The van der Waals surface area contributed by atoms with Crippen LogP contribution in [-0.4, -0.2) is 44.9 Å². The van der Waals surface area contributed by atoms with Gasteiger partial charge in [0.1, 0.15) is 4.90 Å². The Kier molecular flexibility index (Phi) is 5.91. The van der Waals surface area contributed by atoms with E-state index in [9.17, 15) is 13.2 Å². The highest BCUT2D eigenvalue weighted by atomic mass is 32.2. The zero-order valence-electron chi connectivity index (χ0n) is 14.7. The Hall–Kier alpha value is -2.66. The molecular formula is C20H20N2O4S. The van der Waals surface area contributed by atoms with E-state index in [4.69, 9.17) is 11.2 Å². The van der Waals surface area contributed by atoms with E-state index in [0.29, 0.717) is 26.3 Å². The van der Waals surface area contributed by atoms with E-state index in [-0.39, 0.29) is 22.9 Å². The van der Waals surface area contributed by atoms with E-state index in [1.807, 2.05) is 0 Å². The molecule has 1 amide bonds. The van der Waals surface area contributed by atoms with Crippen LogP contribution < -0.4 is 5.32 Å². The van der Waals surface area contributed by atoms with Crippen LogP contribution in [0.25, 0.3) is 0 Å². The van der Waals surface area contributed by atoms with E-state index in [2.05, 4.69) is 11.2 Å². The zero-order chi connectivity index (χ0) is 19.3. The van der Waals surface area contributed by atoms with Crippen LogP contribution in [-0.2, 0) is 26.0 Å². The van der Waals surface area contributed by atoms with Crippen molar-refractivity contribution < 1.29 is 17.9 Å². The smallest absolute Gasteiger partial charge is 0.245 e. The lowest BCUT2D eigenvalue weighted by Gasteiger charge is -2.26. The van der Waals surface area contributed by atoms with Crippen LogP contribution >= 0.6 is 0 Å². The van der Waals surface area contributed by atoms with Gasteiger partial charge in [0.05, 0.1) is 25.3 Å². The maximum atomic E-state index is 12.9. The minimum Gasteiger partial charge on any atom is -0.379 e. The van der Waals surface area contributed by atoms with Crippen molar-refractivity contribution in [2.45, 2.75) is 11.3 Å². The fraction of sp³-hybridized carbons (Fsp3) is 0.250. The molecule has 0 unspecified atom stereocenters. The SMILES string of the molecule is C#Cc1ccc(CC(=O)Nc2ccccc2S(=O)(=O)N2CCOCC2)cc1. The van der Waals surface area contributed by atoms with Crippen LogP contribution in [0.2, 0.25) is 0 Å². The summed E-state index contributed by atoms with van der Waals surface area (Å²) in [5, 5.41) is 2.72. The topological polar surface area (TPSA) is 75.7 Å². The van der Waals surface area contributed by atoms with Crippen molar-refractivity contribution >= 4 is 21.6 Å². The van der Waals surface area contributed by atoms with Gasteiger partial charge in [0.15, 0.2) is 0 Å². The number of carbonyl (C=O) groups excluding carboxylic acids is 1. The molecule has 0 aromatic heterocycles. The number of hydrogen-bond acceptors (Lipinski definition) is 4. The van der Waals surface area contributed by atoms with Gasteiger partial charge in [0.25, 0.3) is 0 Å². The monoisotopic (exact) mass is 384 g/mol. The summed E-state index contributed by atoms with van der Waals surface area (Å²) in [4.78, 5) is 12.5. The van der Waals surface area contributed by atoms with E-state index in [0.717, 1.165) is 11.1 Å². The molecule has 0 bridgehead atoms. The summed E-state index contributed by atoms with van der Waals surface area (Å²) in [7, 11) is -3.70. The van der Waals surface area contributed by atoms with Crippen molar-refractivity contribution in [2.75, 3.05) is 31.6 Å². The molecule has 1 saturated heterocycles. The van der Waals surface area contributed by atoms with Gasteiger partial charge in [-0.15, -0.1) is 6.42 Å². The van der Waals surface area contributed by atoms with Crippen molar-refractivity contribution in [3.63, 3.8) is 0 Å². The number of amides is 1. The van der Waals surface area contributed by atoms with Gasteiger partial charge in [0.2, 0.25) is 15.9 Å². The van der Waals surface area contributed by atoms with Crippen LogP contribution in [0.1, 0.15) is 11.1 Å². The number of terminal acetylenes is 1. The maximum absolute atomic E-state index is 12.9. The van der Waals surface area contributed by atoms with E-state index in [1.54, 1.807) is 42.5 Å². The highest BCUT2D eigenvalue weighted by Gasteiger charge is 2.28. The molecule has 7 heteroatoms. The minimum absolute atomic E-state index is 0.0860. The number of ether oxygens (including phenoxy) is 1. The Balaban J connectivity index is 1.77. The van der Waals surface area contributed by atoms with E-state index in [1.165, 1.54) is 10.4 Å². The zero-order valence-corrected chi connectivity index (χ0v) is 15.5. The molecule has 2 aromatic rings. The third-order valence-electron chi connectivity index (χ3n) is 4.23. The second-order valence-corrected chi connectivity index (χ2v) is 7.99. The molecule has 2 aromatic carbocycles. The van der Waals surface area contributed by atoms with Crippen molar-refractivity contribution in [1.29, 1.82) is 0 Å². The Morgan fingerprint density at radius 1 is 1.11 bits per heavy atom. The molecule has 0 aliphatic carbocycles. The molecule has 1 fully saturated rings. The Morgan fingerprint density at radius 3 is 2.44 bits per heavy atom. The van der Waals surface area contributed by atoms with E-state index >= 15 is 0 Å². The molecule has 0 radical (unpaired) electrons. The summed E-state index contributed by atoms with van der Waals surface area (Å²) in [5.74, 6) is 2.22. The summed E-state index contributed by atoms with van der Waals surface area (Å²) in [6.45, 7) is 1.32. The predicted molar refractivity (Wildman–Crippen MR) is 103 cm³/mol.